The van der Waals surface area contributed by atoms with Gasteiger partial charge in [0.05, 0.1) is 12.8 Å². The fraction of sp³-hybridized carbons (Fsp3) is 0.364. The Balaban J connectivity index is 1.68. The zero-order valence-corrected chi connectivity index (χ0v) is 15.8. The van der Waals surface area contributed by atoms with Crippen LogP contribution in [0.2, 0.25) is 0 Å². The number of anilines is 1. The number of benzene rings is 2. The first-order chi connectivity index (χ1) is 12.9. The van der Waals surface area contributed by atoms with Gasteiger partial charge in [-0.1, -0.05) is 18.2 Å². The molecule has 0 saturated carbocycles. The summed E-state index contributed by atoms with van der Waals surface area (Å²) in [6.45, 7) is 1.96. The van der Waals surface area contributed by atoms with Crippen molar-refractivity contribution < 1.29 is 19.4 Å². The fourth-order valence-electron chi connectivity index (χ4n) is 4.55. The lowest BCUT2D eigenvalue weighted by Crippen LogP contribution is -2.42. The first-order valence-corrected chi connectivity index (χ1v) is 9.19. The van der Waals surface area contributed by atoms with E-state index in [4.69, 9.17) is 4.74 Å². The number of amides is 1. The van der Waals surface area contributed by atoms with Crippen LogP contribution < -0.4 is 9.64 Å². The lowest BCUT2D eigenvalue weighted by Gasteiger charge is -2.30. The second-order valence-electron chi connectivity index (χ2n) is 7.46. The Morgan fingerprint density at radius 2 is 1.96 bits per heavy atom. The molecule has 0 bridgehead atoms. The SMILES string of the molecule is COc1ccc2c(c1C)CCC(CC1(O)C(=O)N(C)c3ccccc31)C2=O. The van der Waals surface area contributed by atoms with Gasteiger partial charge in [0, 0.05) is 24.1 Å². The van der Waals surface area contributed by atoms with Crippen LogP contribution in [-0.4, -0.2) is 31.0 Å². The minimum Gasteiger partial charge on any atom is -0.496 e. The molecule has 1 aliphatic carbocycles. The summed E-state index contributed by atoms with van der Waals surface area (Å²) in [7, 11) is 3.28. The largest absolute Gasteiger partial charge is 0.496 e. The number of para-hydroxylation sites is 1. The summed E-state index contributed by atoms with van der Waals surface area (Å²) in [6, 6.07) is 10.9. The maximum absolute atomic E-state index is 13.1. The third-order valence-corrected chi connectivity index (χ3v) is 6.06. The van der Waals surface area contributed by atoms with Gasteiger partial charge in [-0.25, -0.2) is 0 Å². The molecular formula is C22H23NO4. The number of carbonyl (C=O) groups excluding carboxylic acids is 2. The first-order valence-electron chi connectivity index (χ1n) is 9.19. The summed E-state index contributed by atoms with van der Waals surface area (Å²) >= 11 is 0. The van der Waals surface area contributed by atoms with Gasteiger partial charge in [0.15, 0.2) is 11.4 Å². The Morgan fingerprint density at radius 1 is 1.22 bits per heavy atom. The predicted molar refractivity (Wildman–Crippen MR) is 102 cm³/mol. The second-order valence-corrected chi connectivity index (χ2v) is 7.46. The van der Waals surface area contributed by atoms with Crippen LogP contribution in [-0.2, 0) is 16.8 Å². The molecule has 0 fully saturated rings. The first kappa shape index (κ1) is 17.7. The molecule has 2 atom stereocenters. The maximum atomic E-state index is 13.1. The number of carbonyl (C=O) groups is 2. The van der Waals surface area contributed by atoms with Gasteiger partial charge in [-0.15, -0.1) is 0 Å². The van der Waals surface area contributed by atoms with Crippen LogP contribution in [0.3, 0.4) is 0 Å². The van der Waals surface area contributed by atoms with Gasteiger partial charge in [0.2, 0.25) is 0 Å². The van der Waals surface area contributed by atoms with Gasteiger partial charge in [-0.05, 0) is 55.5 Å². The summed E-state index contributed by atoms with van der Waals surface area (Å²) in [5.41, 5.74) is 2.32. The van der Waals surface area contributed by atoms with Crippen molar-refractivity contribution >= 4 is 17.4 Å². The number of ketones is 1. The number of likely N-dealkylation sites (N-methyl/N-ethyl adjacent to an activating group) is 1. The average Bonchev–Trinajstić information content (AvgIpc) is 2.87. The topological polar surface area (TPSA) is 66.8 Å². The quantitative estimate of drug-likeness (QED) is 0.908. The number of hydrogen-bond acceptors (Lipinski definition) is 4. The summed E-state index contributed by atoms with van der Waals surface area (Å²) < 4.78 is 5.36. The molecule has 140 valence electrons. The molecule has 1 heterocycles. The van der Waals surface area contributed by atoms with E-state index in [2.05, 4.69) is 0 Å². The van der Waals surface area contributed by atoms with Crippen molar-refractivity contribution in [2.24, 2.45) is 5.92 Å². The van der Waals surface area contributed by atoms with E-state index < -0.39 is 5.60 Å². The van der Waals surface area contributed by atoms with Crippen LogP contribution in [0.25, 0.3) is 0 Å². The highest BCUT2D eigenvalue weighted by Crippen LogP contribution is 2.45. The molecule has 0 saturated heterocycles. The van der Waals surface area contributed by atoms with Gasteiger partial charge in [0.1, 0.15) is 5.75 Å². The van der Waals surface area contributed by atoms with Gasteiger partial charge in [-0.2, -0.15) is 0 Å². The van der Waals surface area contributed by atoms with E-state index in [1.807, 2.05) is 31.2 Å². The summed E-state index contributed by atoms with van der Waals surface area (Å²) in [6.07, 6.45) is 1.45. The van der Waals surface area contributed by atoms with Gasteiger partial charge >= 0.3 is 0 Å². The van der Waals surface area contributed by atoms with Crippen molar-refractivity contribution in [3.63, 3.8) is 0 Å². The number of ether oxygens (including phenoxy) is 1. The molecule has 0 radical (unpaired) electrons. The number of rotatable bonds is 3. The predicted octanol–water partition coefficient (Wildman–Crippen LogP) is 3.00. The molecule has 4 rings (SSSR count). The van der Waals surface area contributed by atoms with Gasteiger partial charge < -0.3 is 14.7 Å². The molecule has 5 nitrogen and oxygen atoms in total. The van der Waals surface area contributed by atoms with E-state index >= 15 is 0 Å². The van der Waals surface area contributed by atoms with E-state index in [0.29, 0.717) is 23.2 Å². The van der Waals surface area contributed by atoms with Crippen molar-refractivity contribution in [3.8, 4) is 5.75 Å². The molecule has 27 heavy (non-hydrogen) atoms. The zero-order chi connectivity index (χ0) is 19.3. The molecule has 2 aromatic rings. The van der Waals surface area contributed by atoms with Crippen LogP contribution >= 0.6 is 0 Å². The van der Waals surface area contributed by atoms with E-state index in [1.165, 1.54) is 4.90 Å². The second kappa shape index (κ2) is 6.20. The molecule has 2 aromatic carbocycles. The van der Waals surface area contributed by atoms with Crippen molar-refractivity contribution in [2.75, 3.05) is 19.1 Å². The summed E-state index contributed by atoms with van der Waals surface area (Å²) in [5.74, 6) is 0.0161. The molecule has 1 N–H and O–H groups in total. The minimum atomic E-state index is -1.65. The highest BCUT2D eigenvalue weighted by atomic mass is 16.5. The molecule has 0 spiro atoms. The average molecular weight is 365 g/mol. The van der Waals surface area contributed by atoms with Crippen molar-refractivity contribution in [1.82, 2.24) is 0 Å². The normalized spacial score (nSPS) is 24.0. The molecule has 1 aliphatic heterocycles. The van der Waals surface area contributed by atoms with Crippen LogP contribution in [0.4, 0.5) is 5.69 Å². The highest BCUT2D eigenvalue weighted by molar-refractivity contribution is 6.07. The Hall–Kier alpha value is -2.66. The summed E-state index contributed by atoms with van der Waals surface area (Å²) in [4.78, 5) is 27.4. The third-order valence-electron chi connectivity index (χ3n) is 6.06. The fourth-order valence-corrected chi connectivity index (χ4v) is 4.55. The van der Waals surface area contributed by atoms with Crippen LogP contribution in [0.5, 0.6) is 5.75 Å². The summed E-state index contributed by atoms with van der Waals surface area (Å²) in [5, 5.41) is 11.3. The number of nitrogens with zero attached hydrogens (tertiary/aromatic N) is 1. The van der Waals surface area contributed by atoms with Crippen molar-refractivity contribution in [2.45, 2.75) is 31.8 Å². The van der Waals surface area contributed by atoms with Gasteiger partial charge in [-0.3, -0.25) is 9.59 Å². The van der Waals surface area contributed by atoms with Crippen molar-refractivity contribution in [1.29, 1.82) is 0 Å². The lowest BCUT2D eigenvalue weighted by atomic mass is 9.74. The lowest BCUT2D eigenvalue weighted by molar-refractivity contribution is -0.137. The smallest absolute Gasteiger partial charge is 0.263 e. The molecule has 0 aromatic heterocycles. The molecule has 5 heteroatoms. The minimum absolute atomic E-state index is 0.00439. The standard InChI is InChI=1S/C22H23NO4/c1-13-15-9-8-14(20(24)16(15)10-11-19(13)27-3)12-22(26)17-6-4-5-7-18(17)23(2)21(22)25/h4-7,10-11,14,26H,8-9,12H2,1-3H3. The Kier molecular flexibility index (Phi) is 4.07. The Bertz CT molecular complexity index is 951. The number of aliphatic hydroxyl groups is 1. The zero-order valence-electron chi connectivity index (χ0n) is 15.8. The van der Waals surface area contributed by atoms with Crippen LogP contribution in [0.1, 0.15) is 39.9 Å². The number of Topliss-reactive ketones (excluding diaryl/α,β-unsaturated/α-hetero) is 1. The number of fused-ring (bicyclic) bond motifs is 2. The molecule has 1 amide bonds. The van der Waals surface area contributed by atoms with E-state index in [9.17, 15) is 14.7 Å². The van der Waals surface area contributed by atoms with E-state index in [1.54, 1.807) is 26.3 Å². The molecule has 2 unspecified atom stereocenters. The monoisotopic (exact) mass is 365 g/mol. The van der Waals surface area contributed by atoms with E-state index in [0.717, 1.165) is 23.3 Å². The Labute approximate surface area is 158 Å². The van der Waals surface area contributed by atoms with E-state index in [-0.39, 0.29) is 24.0 Å². The molecular weight excluding hydrogens is 342 g/mol. The van der Waals surface area contributed by atoms with Crippen molar-refractivity contribution in [3.05, 3.63) is 58.7 Å². The highest BCUT2D eigenvalue weighted by Gasteiger charge is 2.50. The number of hydrogen-bond donors (Lipinski definition) is 1. The van der Waals surface area contributed by atoms with Crippen LogP contribution in [0.15, 0.2) is 36.4 Å². The maximum Gasteiger partial charge on any atom is 0.263 e. The third kappa shape index (κ3) is 2.49. The van der Waals surface area contributed by atoms with Gasteiger partial charge in [0.25, 0.3) is 5.91 Å². The number of methoxy groups -OCH3 is 1. The Morgan fingerprint density at radius 3 is 2.70 bits per heavy atom. The van der Waals surface area contributed by atoms with Crippen LogP contribution in [0, 0.1) is 12.8 Å². The molecule has 2 aliphatic rings.